The van der Waals surface area contributed by atoms with Gasteiger partial charge in [-0.25, -0.2) is 4.39 Å². The molecular formula is C13H15ClF5N3O. The third kappa shape index (κ3) is 2.91. The summed E-state index contributed by atoms with van der Waals surface area (Å²) in [6.45, 7) is 1.01. The van der Waals surface area contributed by atoms with Crippen molar-refractivity contribution in [3.8, 4) is 0 Å². The fraction of sp³-hybridized carbons (Fsp3) is 0.615. The maximum atomic E-state index is 14.3. The van der Waals surface area contributed by atoms with Gasteiger partial charge < -0.3 is 10.5 Å². The number of hydroxylamine groups is 1. The Morgan fingerprint density at radius 3 is 2.39 bits per heavy atom. The molecule has 4 nitrogen and oxygen atoms in total. The zero-order valence-electron chi connectivity index (χ0n) is 11.8. The van der Waals surface area contributed by atoms with Crippen molar-refractivity contribution in [1.82, 2.24) is 10.2 Å². The zero-order valence-corrected chi connectivity index (χ0v) is 12.6. The normalized spacial score (nSPS) is 29.0. The van der Waals surface area contributed by atoms with Crippen LogP contribution in [0.3, 0.4) is 0 Å². The molecule has 3 rings (SSSR count). The van der Waals surface area contributed by atoms with Gasteiger partial charge in [0, 0.05) is 12.1 Å². The molecule has 0 bridgehead atoms. The fourth-order valence-corrected chi connectivity index (χ4v) is 3.13. The largest absolute Gasteiger partial charge is 0.620 e. The van der Waals surface area contributed by atoms with Gasteiger partial charge in [-0.3, -0.25) is 4.90 Å². The predicted molar refractivity (Wildman–Crippen MR) is 75.6 cm³/mol. The van der Waals surface area contributed by atoms with Crippen molar-refractivity contribution >= 4 is 18.1 Å². The fourth-order valence-electron chi connectivity index (χ4n) is 3.13. The molecule has 2 aliphatic heterocycles. The van der Waals surface area contributed by atoms with Gasteiger partial charge in [0.1, 0.15) is 11.3 Å². The quantitative estimate of drug-likeness (QED) is 0.338. The third-order valence-electron chi connectivity index (χ3n) is 4.12. The van der Waals surface area contributed by atoms with Crippen LogP contribution in [0, 0.1) is 5.21 Å². The van der Waals surface area contributed by atoms with Crippen LogP contribution < -0.4 is 5.32 Å². The molecular weight excluding hydrogens is 345 g/mol. The molecule has 0 aromatic rings. The second-order valence-corrected chi connectivity index (χ2v) is 5.43. The van der Waals surface area contributed by atoms with Gasteiger partial charge in [-0.05, 0) is 32.0 Å². The molecule has 0 aromatic carbocycles. The van der Waals surface area contributed by atoms with Crippen molar-refractivity contribution in [2.75, 3.05) is 13.1 Å². The number of hydrogen-bond acceptors (Lipinski definition) is 3. The van der Waals surface area contributed by atoms with E-state index < -0.39 is 41.8 Å². The SMILES string of the molecule is Cl.[O-][N+]1=C2C=CC(F)C(C(F)(F)F)=C2N(C2CCNCC2)C1F. The first-order chi connectivity index (χ1) is 10.3. The molecule has 0 spiro atoms. The molecule has 0 aromatic heterocycles. The second-order valence-electron chi connectivity index (χ2n) is 5.43. The standard InChI is InChI=1S/C13H14F5N3O.ClH/c14-8-1-2-9-11(10(8)13(16,17)18)20(12(15)21(9)22)7-3-5-19-6-4-7;/h1-2,7-8,12,19H,3-6H2;1H. The van der Waals surface area contributed by atoms with E-state index in [4.69, 9.17) is 0 Å². The van der Waals surface area contributed by atoms with Gasteiger partial charge >= 0.3 is 12.6 Å². The Bertz CT molecular complexity index is 568. The maximum absolute atomic E-state index is 14.3. The van der Waals surface area contributed by atoms with E-state index in [0.717, 1.165) is 11.0 Å². The molecule has 2 unspecified atom stereocenters. The summed E-state index contributed by atoms with van der Waals surface area (Å²) in [5.74, 6) is 0. The monoisotopic (exact) mass is 359 g/mol. The number of nitrogens with one attached hydrogen (secondary N) is 1. The van der Waals surface area contributed by atoms with Gasteiger partial charge in [-0.2, -0.15) is 22.3 Å². The number of fused-ring (bicyclic) bond motifs is 1. The molecule has 1 fully saturated rings. The molecule has 0 radical (unpaired) electrons. The van der Waals surface area contributed by atoms with E-state index in [1.807, 2.05) is 0 Å². The average Bonchev–Trinajstić information content (AvgIpc) is 2.70. The van der Waals surface area contributed by atoms with Gasteiger partial charge in [0.25, 0.3) is 0 Å². The Balaban J connectivity index is 0.00000192. The molecule has 23 heavy (non-hydrogen) atoms. The van der Waals surface area contributed by atoms with E-state index >= 15 is 0 Å². The van der Waals surface area contributed by atoms with Crippen LogP contribution in [-0.2, 0) is 0 Å². The van der Waals surface area contributed by atoms with Crippen LogP contribution in [0.1, 0.15) is 12.8 Å². The minimum Gasteiger partial charge on any atom is -0.620 e. The number of rotatable bonds is 1. The van der Waals surface area contributed by atoms with Crippen molar-refractivity contribution in [2.45, 2.75) is 37.7 Å². The molecule has 0 saturated carbocycles. The van der Waals surface area contributed by atoms with E-state index in [9.17, 15) is 27.2 Å². The topological polar surface area (TPSA) is 41.3 Å². The van der Waals surface area contributed by atoms with Crippen LogP contribution >= 0.6 is 12.4 Å². The molecule has 10 heteroatoms. The van der Waals surface area contributed by atoms with Crippen molar-refractivity contribution < 1.29 is 26.7 Å². The molecule has 2 atom stereocenters. The summed E-state index contributed by atoms with van der Waals surface area (Å²) in [6, 6.07) is -0.573. The highest BCUT2D eigenvalue weighted by Crippen LogP contribution is 2.41. The van der Waals surface area contributed by atoms with Crippen LogP contribution in [-0.4, -0.2) is 53.2 Å². The van der Waals surface area contributed by atoms with Crippen LogP contribution in [0.2, 0.25) is 0 Å². The van der Waals surface area contributed by atoms with Crippen molar-refractivity contribution in [3.63, 3.8) is 0 Å². The van der Waals surface area contributed by atoms with Crippen LogP contribution in [0.15, 0.2) is 23.4 Å². The van der Waals surface area contributed by atoms with E-state index in [1.54, 1.807) is 0 Å². The molecule has 1 aliphatic carbocycles. The van der Waals surface area contributed by atoms with E-state index in [1.165, 1.54) is 0 Å². The zero-order chi connectivity index (χ0) is 16.1. The van der Waals surface area contributed by atoms with Gasteiger partial charge in [0.15, 0.2) is 6.17 Å². The first kappa shape index (κ1) is 18.0. The van der Waals surface area contributed by atoms with Crippen molar-refractivity contribution in [2.24, 2.45) is 0 Å². The average molecular weight is 360 g/mol. The Hall–Kier alpha value is -1.35. The van der Waals surface area contributed by atoms with Crippen molar-refractivity contribution in [3.05, 3.63) is 28.6 Å². The Labute approximate surface area is 135 Å². The van der Waals surface area contributed by atoms with E-state index in [0.29, 0.717) is 32.0 Å². The lowest BCUT2D eigenvalue weighted by molar-refractivity contribution is -0.550. The molecule has 130 valence electrons. The van der Waals surface area contributed by atoms with E-state index in [2.05, 4.69) is 5.32 Å². The third-order valence-corrected chi connectivity index (χ3v) is 4.12. The van der Waals surface area contributed by atoms with Gasteiger partial charge in [-0.15, -0.1) is 12.4 Å². The lowest BCUT2D eigenvalue weighted by atomic mass is 9.95. The highest BCUT2D eigenvalue weighted by molar-refractivity contribution is 6.07. The molecule has 2 heterocycles. The summed E-state index contributed by atoms with van der Waals surface area (Å²) < 4.78 is 67.6. The van der Waals surface area contributed by atoms with Gasteiger partial charge in [0.05, 0.1) is 0 Å². The summed E-state index contributed by atoms with van der Waals surface area (Å²) in [5, 5.41) is 14.9. The minimum absolute atomic E-state index is 0. The second kappa shape index (κ2) is 6.27. The molecule has 0 amide bonds. The number of alkyl halides is 5. The number of allylic oxidation sites excluding steroid dienone is 3. The predicted octanol–water partition coefficient (Wildman–Crippen LogP) is 2.40. The summed E-state index contributed by atoms with van der Waals surface area (Å²) in [7, 11) is 0. The number of piperidine rings is 1. The number of nitrogens with zero attached hydrogens (tertiary/aromatic N) is 2. The van der Waals surface area contributed by atoms with Crippen LogP contribution in [0.5, 0.6) is 0 Å². The highest BCUT2D eigenvalue weighted by Gasteiger charge is 2.53. The Morgan fingerprint density at radius 2 is 1.83 bits per heavy atom. The molecule has 1 saturated heterocycles. The Kier molecular flexibility index (Phi) is 4.91. The van der Waals surface area contributed by atoms with Gasteiger partial charge in [0.2, 0.25) is 5.71 Å². The van der Waals surface area contributed by atoms with E-state index in [-0.39, 0.29) is 17.1 Å². The number of halogens is 6. The minimum atomic E-state index is -4.97. The summed E-state index contributed by atoms with van der Waals surface area (Å²) in [6.07, 6.45) is -7.31. The van der Waals surface area contributed by atoms with Crippen molar-refractivity contribution in [1.29, 1.82) is 0 Å². The van der Waals surface area contributed by atoms with Crippen LogP contribution in [0.4, 0.5) is 22.0 Å². The summed E-state index contributed by atoms with van der Waals surface area (Å²) in [4.78, 5) is 0.794. The first-order valence-corrected chi connectivity index (χ1v) is 6.93. The number of hydrogen-bond donors (Lipinski definition) is 1. The maximum Gasteiger partial charge on any atom is 0.418 e. The molecule has 1 N–H and O–H groups in total. The summed E-state index contributed by atoms with van der Waals surface area (Å²) >= 11 is 0. The van der Waals surface area contributed by atoms with Gasteiger partial charge in [-0.1, -0.05) is 0 Å². The summed E-state index contributed by atoms with van der Waals surface area (Å²) in [5.41, 5.74) is -2.62. The Morgan fingerprint density at radius 1 is 1.22 bits per heavy atom. The lowest BCUT2D eigenvalue weighted by Crippen LogP contribution is -2.47. The highest BCUT2D eigenvalue weighted by atomic mass is 35.5. The smallest absolute Gasteiger partial charge is 0.418 e. The lowest BCUT2D eigenvalue weighted by Gasteiger charge is -2.34. The molecule has 3 aliphatic rings. The first-order valence-electron chi connectivity index (χ1n) is 6.93. The van der Waals surface area contributed by atoms with Crippen LogP contribution in [0.25, 0.3) is 0 Å².